The molecule has 1 saturated heterocycles. The van der Waals surface area contributed by atoms with Gasteiger partial charge in [-0.1, -0.05) is 18.2 Å². The van der Waals surface area contributed by atoms with Gasteiger partial charge in [-0.25, -0.2) is 0 Å². The van der Waals surface area contributed by atoms with Crippen molar-refractivity contribution in [2.24, 2.45) is 5.41 Å². The van der Waals surface area contributed by atoms with E-state index in [-0.39, 0.29) is 11.5 Å². The molecule has 1 aromatic carbocycles. The summed E-state index contributed by atoms with van der Waals surface area (Å²) in [6.07, 6.45) is 3.59. The average Bonchev–Trinajstić information content (AvgIpc) is 3.06. The number of nitrogens with zero attached hydrogens (tertiary/aromatic N) is 1. The van der Waals surface area contributed by atoms with Gasteiger partial charge < -0.3 is 15.2 Å². The Morgan fingerprint density at radius 2 is 1.96 bits per heavy atom. The largest absolute Gasteiger partial charge is 0.349 e. The Kier molecular flexibility index (Phi) is 5.68. The number of alkyl halides is 1. The fraction of sp³-hybridized carbons (Fsp3) is 0.500. The van der Waals surface area contributed by atoms with Gasteiger partial charge in [-0.2, -0.15) is 0 Å². The van der Waals surface area contributed by atoms with Gasteiger partial charge in [0.2, 0.25) is 0 Å². The summed E-state index contributed by atoms with van der Waals surface area (Å²) in [5.41, 5.74) is 1.29. The molecule has 6 heteroatoms. The first-order chi connectivity index (χ1) is 12.5. The van der Waals surface area contributed by atoms with E-state index in [2.05, 4.69) is 24.5 Å². The van der Waals surface area contributed by atoms with Crippen molar-refractivity contribution in [3.05, 3.63) is 36.0 Å². The highest BCUT2D eigenvalue weighted by Gasteiger charge is 2.32. The number of carbonyl (C=O) groups is 2. The standard InChI is InChI=1S/C20H26ClN3O2/c1-14(2)24-11-16(15-5-3-4-6-17(15)24)18(25)19(26)23-13-20(12-21)7-9-22-10-8-20/h3-6,11,14,22H,7-10,12-13H2,1-2H3,(H,23,26). The molecule has 1 aliphatic rings. The molecular weight excluding hydrogens is 350 g/mol. The van der Waals surface area contributed by atoms with Gasteiger partial charge in [-0.3, -0.25) is 9.59 Å². The quantitative estimate of drug-likeness (QED) is 0.463. The number of hydrogen-bond acceptors (Lipinski definition) is 3. The molecule has 1 aliphatic heterocycles. The number of carbonyl (C=O) groups excluding carboxylic acids is 2. The zero-order valence-corrected chi connectivity index (χ0v) is 16.1. The topological polar surface area (TPSA) is 63.1 Å². The highest BCUT2D eigenvalue weighted by atomic mass is 35.5. The third-order valence-corrected chi connectivity index (χ3v) is 5.89. The van der Waals surface area contributed by atoms with E-state index < -0.39 is 11.7 Å². The van der Waals surface area contributed by atoms with Crippen molar-refractivity contribution >= 4 is 34.2 Å². The Bertz CT molecular complexity index is 806. The Balaban J connectivity index is 1.79. The number of aromatic nitrogens is 1. The summed E-state index contributed by atoms with van der Waals surface area (Å²) < 4.78 is 2.03. The number of benzene rings is 1. The van der Waals surface area contributed by atoms with Crippen molar-refractivity contribution < 1.29 is 9.59 Å². The van der Waals surface area contributed by atoms with Crippen molar-refractivity contribution in [3.8, 4) is 0 Å². The van der Waals surface area contributed by atoms with Crippen LogP contribution < -0.4 is 10.6 Å². The molecule has 2 heterocycles. The highest BCUT2D eigenvalue weighted by Crippen LogP contribution is 2.29. The molecule has 1 aromatic heterocycles. The minimum atomic E-state index is -0.556. The number of Topliss-reactive ketones (excluding diaryl/α,β-unsaturated/α-hetero) is 1. The fourth-order valence-electron chi connectivity index (χ4n) is 3.60. The molecule has 1 amide bonds. The number of rotatable bonds is 6. The summed E-state index contributed by atoms with van der Waals surface area (Å²) in [5, 5.41) is 6.95. The molecule has 3 rings (SSSR count). The van der Waals surface area contributed by atoms with Crippen LogP contribution in [-0.2, 0) is 4.79 Å². The smallest absolute Gasteiger partial charge is 0.292 e. The van der Waals surface area contributed by atoms with Crippen molar-refractivity contribution in [2.45, 2.75) is 32.7 Å². The van der Waals surface area contributed by atoms with E-state index in [4.69, 9.17) is 11.6 Å². The maximum absolute atomic E-state index is 12.8. The number of hydrogen-bond donors (Lipinski definition) is 2. The molecule has 2 aromatic rings. The van der Waals surface area contributed by atoms with E-state index in [1.165, 1.54) is 0 Å². The molecule has 140 valence electrons. The van der Waals surface area contributed by atoms with Crippen LogP contribution in [-0.4, -0.2) is 41.8 Å². The first-order valence-electron chi connectivity index (χ1n) is 9.16. The second-order valence-electron chi connectivity index (χ2n) is 7.46. The van der Waals surface area contributed by atoms with Crippen LogP contribution in [0, 0.1) is 5.41 Å². The number of para-hydroxylation sites is 1. The predicted octanol–water partition coefficient (Wildman–Crippen LogP) is 3.13. The van der Waals surface area contributed by atoms with Crippen LogP contribution in [0.25, 0.3) is 10.9 Å². The van der Waals surface area contributed by atoms with E-state index in [1.807, 2.05) is 28.8 Å². The molecule has 0 spiro atoms. The molecular formula is C20H26ClN3O2. The number of halogens is 1. The van der Waals surface area contributed by atoms with E-state index in [9.17, 15) is 9.59 Å². The van der Waals surface area contributed by atoms with Gasteiger partial charge in [-0.05, 0) is 45.8 Å². The monoisotopic (exact) mass is 375 g/mol. The summed E-state index contributed by atoms with van der Waals surface area (Å²) in [4.78, 5) is 25.3. The molecule has 0 saturated carbocycles. The summed E-state index contributed by atoms with van der Waals surface area (Å²) in [6.45, 7) is 6.33. The second kappa shape index (κ2) is 7.80. The lowest BCUT2D eigenvalue weighted by atomic mass is 9.80. The summed E-state index contributed by atoms with van der Waals surface area (Å²) in [7, 11) is 0. The molecule has 0 unspecified atom stereocenters. The minimum absolute atomic E-state index is 0.130. The van der Waals surface area contributed by atoms with Crippen molar-refractivity contribution in [2.75, 3.05) is 25.5 Å². The molecule has 0 atom stereocenters. The van der Waals surface area contributed by atoms with Gasteiger partial charge in [0.25, 0.3) is 11.7 Å². The molecule has 0 aliphatic carbocycles. The zero-order valence-electron chi connectivity index (χ0n) is 15.3. The molecule has 0 bridgehead atoms. The van der Waals surface area contributed by atoms with Crippen molar-refractivity contribution in [1.82, 2.24) is 15.2 Å². The van der Waals surface area contributed by atoms with Crippen LogP contribution in [0.1, 0.15) is 43.1 Å². The van der Waals surface area contributed by atoms with Crippen LogP contribution >= 0.6 is 11.6 Å². The first kappa shape index (κ1) is 18.9. The third kappa shape index (κ3) is 3.64. The maximum Gasteiger partial charge on any atom is 0.292 e. The SMILES string of the molecule is CC(C)n1cc(C(=O)C(=O)NCC2(CCl)CCNCC2)c2ccccc21. The van der Waals surface area contributed by atoms with E-state index >= 15 is 0 Å². The van der Waals surface area contributed by atoms with E-state index in [1.54, 1.807) is 6.20 Å². The van der Waals surface area contributed by atoms with Gasteiger partial charge in [0.15, 0.2) is 0 Å². The van der Waals surface area contributed by atoms with Crippen LogP contribution in [0.3, 0.4) is 0 Å². The van der Waals surface area contributed by atoms with Crippen molar-refractivity contribution in [1.29, 1.82) is 0 Å². The second-order valence-corrected chi connectivity index (χ2v) is 7.72. The lowest BCUT2D eigenvalue weighted by Gasteiger charge is -2.35. The molecule has 1 fully saturated rings. The van der Waals surface area contributed by atoms with Gasteiger partial charge in [0.1, 0.15) is 0 Å². The Labute approximate surface area is 159 Å². The molecule has 2 N–H and O–H groups in total. The Morgan fingerprint density at radius 1 is 1.27 bits per heavy atom. The lowest BCUT2D eigenvalue weighted by molar-refractivity contribution is -0.117. The Hall–Kier alpha value is -1.85. The average molecular weight is 376 g/mol. The summed E-state index contributed by atoms with van der Waals surface area (Å²) in [5.74, 6) is -0.561. The highest BCUT2D eigenvalue weighted by molar-refractivity contribution is 6.45. The number of piperidine rings is 1. The van der Waals surface area contributed by atoms with Gasteiger partial charge in [0.05, 0.1) is 5.56 Å². The molecule has 5 nitrogen and oxygen atoms in total. The number of nitrogens with one attached hydrogen (secondary N) is 2. The molecule has 0 radical (unpaired) electrons. The van der Waals surface area contributed by atoms with Crippen LogP contribution in [0.5, 0.6) is 0 Å². The third-order valence-electron chi connectivity index (χ3n) is 5.32. The van der Waals surface area contributed by atoms with Crippen molar-refractivity contribution in [3.63, 3.8) is 0 Å². The van der Waals surface area contributed by atoms with E-state index in [0.717, 1.165) is 36.8 Å². The minimum Gasteiger partial charge on any atom is -0.349 e. The lowest BCUT2D eigenvalue weighted by Crippen LogP contribution is -2.47. The molecule has 26 heavy (non-hydrogen) atoms. The predicted molar refractivity (Wildman–Crippen MR) is 105 cm³/mol. The Morgan fingerprint density at radius 3 is 2.62 bits per heavy atom. The summed E-state index contributed by atoms with van der Waals surface area (Å²) >= 11 is 6.17. The normalized spacial score (nSPS) is 16.8. The fourth-order valence-corrected chi connectivity index (χ4v) is 3.96. The summed E-state index contributed by atoms with van der Waals surface area (Å²) in [6, 6.07) is 7.90. The van der Waals surface area contributed by atoms with Crippen LogP contribution in [0.15, 0.2) is 30.5 Å². The van der Waals surface area contributed by atoms with Gasteiger partial charge >= 0.3 is 0 Å². The first-order valence-corrected chi connectivity index (χ1v) is 9.70. The maximum atomic E-state index is 12.8. The number of ketones is 1. The van der Waals surface area contributed by atoms with Gasteiger partial charge in [0, 0.05) is 41.0 Å². The van der Waals surface area contributed by atoms with Gasteiger partial charge in [-0.15, -0.1) is 11.6 Å². The van der Waals surface area contributed by atoms with E-state index in [0.29, 0.717) is 18.0 Å². The van der Waals surface area contributed by atoms with Crippen LogP contribution in [0.2, 0.25) is 0 Å². The number of fused-ring (bicyclic) bond motifs is 1. The zero-order chi connectivity index (χ0) is 18.7. The van der Waals surface area contributed by atoms with Crippen LogP contribution in [0.4, 0.5) is 0 Å². The number of amides is 1.